The van der Waals surface area contributed by atoms with E-state index in [1.54, 1.807) is 12.1 Å². The summed E-state index contributed by atoms with van der Waals surface area (Å²) < 4.78 is 0. The Bertz CT molecular complexity index is 508. The zero-order chi connectivity index (χ0) is 14.8. The van der Waals surface area contributed by atoms with Crippen LogP contribution in [0.5, 0.6) is 0 Å². The van der Waals surface area contributed by atoms with Gasteiger partial charge in [0.1, 0.15) is 0 Å². The smallest absolute Gasteiger partial charge is 0.303 e. The van der Waals surface area contributed by atoms with E-state index in [1.807, 2.05) is 19.1 Å². The number of carbonyl (C=O) groups is 2. The molecule has 1 aliphatic rings. The van der Waals surface area contributed by atoms with Crippen molar-refractivity contribution in [2.75, 3.05) is 0 Å². The second-order valence-electron chi connectivity index (χ2n) is 5.40. The van der Waals surface area contributed by atoms with Crippen LogP contribution >= 0.6 is 11.6 Å². The number of hydrogen-bond acceptors (Lipinski definition) is 2. The van der Waals surface area contributed by atoms with E-state index < -0.39 is 11.4 Å². The topological polar surface area (TPSA) is 66.4 Å². The van der Waals surface area contributed by atoms with E-state index in [0.29, 0.717) is 11.4 Å². The SMILES string of the molecule is CC(CCC(=O)O)NC(=O)C1(c2ccc(Cl)cc2)CC1. The lowest BCUT2D eigenvalue weighted by atomic mass is 9.94. The lowest BCUT2D eigenvalue weighted by molar-refractivity contribution is -0.137. The van der Waals surface area contributed by atoms with Gasteiger partial charge in [-0.1, -0.05) is 23.7 Å². The Hall–Kier alpha value is -1.55. The highest BCUT2D eigenvalue weighted by molar-refractivity contribution is 6.30. The zero-order valence-corrected chi connectivity index (χ0v) is 12.1. The molecule has 1 saturated carbocycles. The number of benzene rings is 1. The number of hydrogen-bond donors (Lipinski definition) is 2. The molecule has 1 aromatic carbocycles. The first-order chi connectivity index (χ1) is 9.44. The van der Waals surface area contributed by atoms with Crippen molar-refractivity contribution in [3.8, 4) is 0 Å². The Labute approximate surface area is 123 Å². The molecule has 2 rings (SSSR count). The molecule has 1 atom stereocenters. The summed E-state index contributed by atoms with van der Waals surface area (Å²) in [6, 6.07) is 7.22. The van der Waals surface area contributed by atoms with E-state index in [1.165, 1.54) is 0 Å². The molecule has 0 heterocycles. The molecule has 0 saturated heterocycles. The predicted molar refractivity (Wildman–Crippen MR) is 76.8 cm³/mol. The first-order valence-corrected chi connectivity index (χ1v) is 7.11. The van der Waals surface area contributed by atoms with Gasteiger partial charge in [-0.15, -0.1) is 0 Å². The third kappa shape index (κ3) is 3.31. The predicted octanol–water partition coefficient (Wildman–Crippen LogP) is 2.74. The van der Waals surface area contributed by atoms with Gasteiger partial charge in [-0.3, -0.25) is 9.59 Å². The molecule has 1 unspecified atom stereocenters. The molecule has 0 aromatic heterocycles. The average molecular weight is 296 g/mol. The lowest BCUT2D eigenvalue weighted by Crippen LogP contribution is -2.40. The van der Waals surface area contributed by atoms with Crippen LogP contribution in [0, 0.1) is 0 Å². The summed E-state index contributed by atoms with van der Waals surface area (Å²) in [5.74, 6) is -0.859. The lowest BCUT2D eigenvalue weighted by Gasteiger charge is -2.19. The van der Waals surface area contributed by atoms with E-state index in [2.05, 4.69) is 5.32 Å². The van der Waals surface area contributed by atoms with Crippen molar-refractivity contribution in [1.82, 2.24) is 5.32 Å². The molecule has 0 spiro atoms. The van der Waals surface area contributed by atoms with Crippen LogP contribution in [0.2, 0.25) is 5.02 Å². The van der Waals surface area contributed by atoms with E-state index in [9.17, 15) is 9.59 Å². The summed E-state index contributed by atoms with van der Waals surface area (Å²) in [6.45, 7) is 1.83. The van der Waals surface area contributed by atoms with Gasteiger partial charge in [0, 0.05) is 17.5 Å². The van der Waals surface area contributed by atoms with Crippen molar-refractivity contribution in [2.24, 2.45) is 0 Å². The Morgan fingerprint density at radius 3 is 2.45 bits per heavy atom. The standard InChI is InChI=1S/C15H18ClNO3/c1-10(2-7-13(18)19)17-14(20)15(8-9-15)11-3-5-12(16)6-4-11/h3-6,10H,2,7-9H2,1H3,(H,17,20)(H,18,19). The van der Waals surface area contributed by atoms with Crippen LogP contribution in [0.25, 0.3) is 0 Å². The molecule has 20 heavy (non-hydrogen) atoms. The van der Waals surface area contributed by atoms with E-state index >= 15 is 0 Å². The number of amides is 1. The number of carboxylic acids is 1. The van der Waals surface area contributed by atoms with E-state index in [-0.39, 0.29) is 18.4 Å². The minimum atomic E-state index is -0.843. The van der Waals surface area contributed by atoms with E-state index in [4.69, 9.17) is 16.7 Å². The van der Waals surface area contributed by atoms with Crippen molar-refractivity contribution in [3.05, 3.63) is 34.9 Å². The fraction of sp³-hybridized carbons (Fsp3) is 0.467. The van der Waals surface area contributed by atoms with Gasteiger partial charge in [0.25, 0.3) is 0 Å². The average Bonchev–Trinajstić information content (AvgIpc) is 3.18. The number of halogens is 1. The molecule has 0 bridgehead atoms. The van der Waals surface area contributed by atoms with Crippen molar-refractivity contribution in [1.29, 1.82) is 0 Å². The minimum Gasteiger partial charge on any atom is -0.481 e. The maximum absolute atomic E-state index is 12.4. The number of nitrogens with one attached hydrogen (secondary N) is 1. The minimum absolute atomic E-state index is 0.0160. The number of aliphatic carboxylic acids is 1. The van der Waals surface area contributed by atoms with Gasteiger partial charge in [0.05, 0.1) is 5.41 Å². The summed E-state index contributed by atoms with van der Waals surface area (Å²) in [6.07, 6.45) is 2.16. The normalized spacial score (nSPS) is 17.3. The molecule has 108 valence electrons. The maximum atomic E-state index is 12.4. The van der Waals surface area contributed by atoms with Gasteiger partial charge in [-0.05, 0) is 43.9 Å². The molecule has 0 radical (unpaired) electrons. The summed E-state index contributed by atoms with van der Waals surface area (Å²) in [4.78, 5) is 22.9. The molecule has 5 heteroatoms. The van der Waals surface area contributed by atoms with Crippen LogP contribution < -0.4 is 5.32 Å². The number of carbonyl (C=O) groups excluding carboxylic acids is 1. The highest BCUT2D eigenvalue weighted by atomic mass is 35.5. The molecule has 2 N–H and O–H groups in total. The highest BCUT2D eigenvalue weighted by Crippen LogP contribution is 2.48. The molecule has 1 amide bonds. The summed E-state index contributed by atoms with van der Waals surface area (Å²) in [7, 11) is 0. The van der Waals surface area contributed by atoms with Crippen molar-refractivity contribution in [2.45, 2.75) is 44.1 Å². The first-order valence-electron chi connectivity index (χ1n) is 6.73. The quantitative estimate of drug-likeness (QED) is 0.848. The molecule has 0 aliphatic heterocycles. The van der Waals surface area contributed by atoms with Crippen LogP contribution in [-0.4, -0.2) is 23.0 Å². The van der Waals surface area contributed by atoms with Crippen LogP contribution in [0.1, 0.15) is 38.2 Å². The second kappa shape index (κ2) is 5.83. The van der Waals surface area contributed by atoms with Crippen LogP contribution in [0.4, 0.5) is 0 Å². The van der Waals surface area contributed by atoms with Gasteiger partial charge in [0.15, 0.2) is 0 Å². The summed E-state index contributed by atoms with van der Waals surface area (Å²) in [5, 5.41) is 12.2. The third-order valence-corrected chi connectivity index (χ3v) is 4.00. The summed E-state index contributed by atoms with van der Waals surface area (Å²) in [5.41, 5.74) is 0.534. The Balaban J connectivity index is 1.98. The number of rotatable bonds is 6. The Kier molecular flexibility index (Phi) is 4.33. The highest BCUT2D eigenvalue weighted by Gasteiger charge is 2.51. The van der Waals surface area contributed by atoms with Gasteiger partial charge in [-0.2, -0.15) is 0 Å². The van der Waals surface area contributed by atoms with Gasteiger partial charge in [0.2, 0.25) is 5.91 Å². The van der Waals surface area contributed by atoms with Crippen LogP contribution in [0.3, 0.4) is 0 Å². The van der Waals surface area contributed by atoms with Crippen LogP contribution in [-0.2, 0) is 15.0 Å². The molecule has 4 nitrogen and oxygen atoms in total. The van der Waals surface area contributed by atoms with Crippen molar-refractivity contribution in [3.63, 3.8) is 0 Å². The fourth-order valence-corrected chi connectivity index (χ4v) is 2.44. The molecule has 1 fully saturated rings. The fourth-order valence-electron chi connectivity index (χ4n) is 2.31. The Morgan fingerprint density at radius 2 is 1.95 bits per heavy atom. The van der Waals surface area contributed by atoms with E-state index in [0.717, 1.165) is 18.4 Å². The zero-order valence-electron chi connectivity index (χ0n) is 11.4. The van der Waals surface area contributed by atoms with Crippen LogP contribution in [0.15, 0.2) is 24.3 Å². The molecular formula is C15H18ClNO3. The summed E-state index contributed by atoms with van der Waals surface area (Å²) >= 11 is 5.86. The van der Waals surface area contributed by atoms with Gasteiger partial charge >= 0.3 is 5.97 Å². The number of carboxylic acid groups (broad SMARTS) is 1. The first kappa shape index (κ1) is 14.9. The molecular weight excluding hydrogens is 278 g/mol. The molecule has 1 aliphatic carbocycles. The van der Waals surface area contributed by atoms with Crippen molar-refractivity contribution >= 4 is 23.5 Å². The van der Waals surface area contributed by atoms with Gasteiger partial charge < -0.3 is 10.4 Å². The monoisotopic (exact) mass is 295 g/mol. The Morgan fingerprint density at radius 1 is 1.35 bits per heavy atom. The maximum Gasteiger partial charge on any atom is 0.303 e. The molecule has 1 aromatic rings. The van der Waals surface area contributed by atoms with Gasteiger partial charge in [-0.25, -0.2) is 0 Å². The van der Waals surface area contributed by atoms with Crippen molar-refractivity contribution < 1.29 is 14.7 Å². The third-order valence-electron chi connectivity index (χ3n) is 3.75. The second-order valence-corrected chi connectivity index (χ2v) is 5.83. The largest absolute Gasteiger partial charge is 0.481 e.